The Hall–Kier alpha value is -1.70. The van der Waals surface area contributed by atoms with E-state index in [1.165, 1.54) is 18.2 Å². The molecule has 33 heavy (non-hydrogen) atoms. The van der Waals surface area contributed by atoms with Crippen molar-refractivity contribution in [2.24, 2.45) is 16.7 Å². The summed E-state index contributed by atoms with van der Waals surface area (Å²) in [5.41, 5.74) is -0.144. The highest BCUT2D eigenvalue weighted by Gasteiger charge is 2.72. The van der Waals surface area contributed by atoms with Gasteiger partial charge in [0.05, 0.1) is 24.9 Å². The topological polar surface area (TPSA) is 83.9 Å². The predicted octanol–water partition coefficient (Wildman–Crippen LogP) is 3.50. The standard InChI is InChI=1S/C26H35NO5S/c1-23(2)20-9-11-25(23,26(29,16-20)17-22(28)32-3)18-33(30,31)27-14-12-24(13-15-27)10-8-19-6-4-5-7-21(19)24/h4-8,10,20,29H,9,11-18H2,1-3H3/t20-,25-,26+/m1/s1. The van der Waals surface area contributed by atoms with E-state index in [1.54, 1.807) is 4.31 Å². The first kappa shape index (κ1) is 23.1. The summed E-state index contributed by atoms with van der Waals surface area (Å²) >= 11 is 0. The summed E-state index contributed by atoms with van der Waals surface area (Å²) in [5.74, 6) is -0.396. The molecule has 0 aromatic heterocycles. The van der Waals surface area contributed by atoms with Gasteiger partial charge in [-0.1, -0.05) is 50.3 Å². The van der Waals surface area contributed by atoms with Crippen molar-refractivity contribution >= 4 is 22.1 Å². The maximum Gasteiger partial charge on any atom is 0.308 e. The molecule has 1 aromatic rings. The van der Waals surface area contributed by atoms with E-state index >= 15 is 0 Å². The fourth-order valence-corrected chi connectivity index (χ4v) is 10.00. The number of fused-ring (bicyclic) bond motifs is 4. The number of esters is 1. The number of rotatable bonds is 5. The Balaban J connectivity index is 1.39. The average molecular weight is 474 g/mol. The zero-order valence-corrected chi connectivity index (χ0v) is 20.7. The molecule has 4 aliphatic rings. The van der Waals surface area contributed by atoms with Crippen LogP contribution >= 0.6 is 0 Å². The van der Waals surface area contributed by atoms with Crippen molar-refractivity contribution in [1.82, 2.24) is 4.31 Å². The van der Waals surface area contributed by atoms with Crippen LogP contribution in [0.3, 0.4) is 0 Å². The maximum atomic E-state index is 13.8. The molecule has 3 fully saturated rings. The largest absolute Gasteiger partial charge is 0.469 e. The molecule has 6 nitrogen and oxygen atoms in total. The number of nitrogens with zero attached hydrogens (tertiary/aromatic N) is 1. The van der Waals surface area contributed by atoms with Gasteiger partial charge >= 0.3 is 5.97 Å². The first-order valence-electron chi connectivity index (χ1n) is 12.0. The third-order valence-corrected chi connectivity index (χ3v) is 11.8. The molecule has 3 aliphatic carbocycles. The number of ether oxygens (including phenoxy) is 1. The molecule has 7 heteroatoms. The van der Waals surface area contributed by atoms with Gasteiger partial charge in [0.25, 0.3) is 0 Å². The van der Waals surface area contributed by atoms with E-state index in [4.69, 9.17) is 4.74 Å². The molecule has 1 spiro atoms. The van der Waals surface area contributed by atoms with Crippen molar-refractivity contribution in [3.05, 3.63) is 41.5 Å². The van der Waals surface area contributed by atoms with Gasteiger partial charge in [-0.05, 0) is 54.6 Å². The van der Waals surface area contributed by atoms with Crippen LogP contribution in [0.5, 0.6) is 0 Å². The number of piperidine rings is 1. The lowest BCUT2D eigenvalue weighted by Crippen LogP contribution is -2.57. The predicted molar refractivity (Wildman–Crippen MR) is 127 cm³/mol. The number of carbonyl (C=O) groups is 1. The van der Waals surface area contributed by atoms with E-state index < -0.39 is 27.0 Å². The second-order valence-corrected chi connectivity index (χ2v) is 13.2. The molecule has 5 rings (SSSR count). The third-order valence-electron chi connectivity index (χ3n) is 9.83. The minimum absolute atomic E-state index is 0.0857. The monoisotopic (exact) mass is 473 g/mol. The van der Waals surface area contributed by atoms with E-state index in [0.717, 1.165) is 19.3 Å². The lowest BCUT2D eigenvalue weighted by atomic mass is 9.63. The van der Waals surface area contributed by atoms with E-state index in [0.29, 0.717) is 25.9 Å². The summed E-state index contributed by atoms with van der Waals surface area (Å²) in [6.45, 7) is 5.08. The number of aliphatic hydroxyl groups is 1. The van der Waals surface area contributed by atoms with Gasteiger partial charge in [-0.3, -0.25) is 4.79 Å². The van der Waals surface area contributed by atoms with E-state index in [-0.39, 0.29) is 28.9 Å². The molecular weight excluding hydrogens is 438 g/mol. The van der Waals surface area contributed by atoms with Crippen LogP contribution in [0.25, 0.3) is 6.08 Å². The zero-order chi connectivity index (χ0) is 23.7. The Labute approximate surface area is 197 Å². The Morgan fingerprint density at radius 3 is 2.55 bits per heavy atom. The van der Waals surface area contributed by atoms with Gasteiger partial charge < -0.3 is 9.84 Å². The van der Waals surface area contributed by atoms with Crippen LogP contribution in [0.2, 0.25) is 0 Å². The molecule has 1 N–H and O–H groups in total. The number of hydrogen-bond donors (Lipinski definition) is 1. The van der Waals surface area contributed by atoms with E-state index in [2.05, 4.69) is 44.2 Å². The highest BCUT2D eigenvalue weighted by molar-refractivity contribution is 7.89. The van der Waals surface area contributed by atoms with Gasteiger partial charge in [-0.15, -0.1) is 0 Å². The molecule has 1 saturated heterocycles. The fourth-order valence-electron chi connectivity index (χ4n) is 7.67. The molecule has 1 heterocycles. The Kier molecular flexibility index (Phi) is 5.17. The molecule has 3 atom stereocenters. The van der Waals surface area contributed by atoms with Gasteiger partial charge in [0.15, 0.2) is 0 Å². The van der Waals surface area contributed by atoms with Crippen LogP contribution in [0.15, 0.2) is 30.3 Å². The van der Waals surface area contributed by atoms with Crippen LogP contribution in [-0.4, -0.2) is 55.4 Å². The van der Waals surface area contributed by atoms with Crippen LogP contribution in [0, 0.1) is 16.7 Å². The Bertz CT molecular complexity index is 1100. The van der Waals surface area contributed by atoms with Crippen molar-refractivity contribution in [3.8, 4) is 0 Å². The minimum Gasteiger partial charge on any atom is -0.469 e. The second kappa shape index (κ2) is 7.40. The lowest BCUT2D eigenvalue weighted by molar-refractivity contribution is -0.155. The number of methoxy groups -OCH3 is 1. The highest BCUT2D eigenvalue weighted by Crippen LogP contribution is 2.71. The molecule has 0 radical (unpaired) electrons. The van der Waals surface area contributed by atoms with Gasteiger partial charge in [-0.2, -0.15) is 0 Å². The number of carbonyl (C=O) groups excluding carboxylic acids is 1. The Morgan fingerprint density at radius 2 is 1.88 bits per heavy atom. The zero-order valence-electron chi connectivity index (χ0n) is 19.8. The molecule has 1 aromatic carbocycles. The van der Waals surface area contributed by atoms with Gasteiger partial charge in [0.2, 0.25) is 10.0 Å². The quantitative estimate of drug-likeness (QED) is 0.662. The molecular formula is C26H35NO5S. The molecule has 2 saturated carbocycles. The van der Waals surface area contributed by atoms with Crippen LogP contribution in [-0.2, 0) is 25.0 Å². The van der Waals surface area contributed by atoms with E-state index in [9.17, 15) is 18.3 Å². The molecule has 0 amide bonds. The summed E-state index contributed by atoms with van der Waals surface area (Å²) in [4.78, 5) is 12.2. The maximum absolute atomic E-state index is 13.8. The first-order valence-corrected chi connectivity index (χ1v) is 13.7. The fraction of sp³-hybridized carbons (Fsp3) is 0.654. The first-order chi connectivity index (χ1) is 15.5. The Morgan fingerprint density at radius 1 is 1.18 bits per heavy atom. The summed E-state index contributed by atoms with van der Waals surface area (Å²) < 4.78 is 34.1. The molecule has 2 bridgehead atoms. The summed E-state index contributed by atoms with van der Waals surface area (Å²) in [6.07, 6.45) is 7.72. The number of allylic oxidation sites excluding steroid dienone is 1. The van der Waals surface area contributed by atoms with Crippen molar-refractivity contribution < 1.29 is 23.1 Å². The summed E-state index contributed by atoms with van der Waals surface area (Å²) in [6, 6.07) is 8.36. The number of benzene rings is 1. The number of sulfonamides is 1. The van der Waals surface area contributed by atoms with Gasteiger partial charge in [-0.25, -0.2) is 12.7 Å². The molecule has 0 unspecified atom stereocenters. The van der Waals surface area contributed by atoms with Crippen molar-refractivity contribution in [1.29, 1.82) is 0 Å². The van der Waals surface area contributed by atoms with Crippen LogP contribution < -0.4 is 0 Å². The average Bonchev–Trinajstić information content (AvgIpc) is 3.29. The summed E-state index contributed by atoms with van der Waals surface area (Å²) in [7, 11) is -2.31. The van der Waals surface area contributed by atoms with Gasteiger partial charge in [0, 0.05) is 23.9 Å². The third kappa shape index (κ3) is 3.18. The van der Waals surface area contributed by atoms with Gasteiger partial charge in [0.1, 0.15) is 0 Å². The van der Waals surface area contributed by atoms with E-state index in [1.807, 2.05) is 6.07 Å². The number of hydrogen-bond acceptors (Lipinski definition) is 5. The highest BCUT2D eigenvalue weighted by atomic mass is 32.2. The SMILES string of the molecule is COC(=O)C[C@@]1(O)C[C@H]2CC[C@@]1(CS(=O)(=O)N1CCC3(C=Cc4ccccc43)CC1)C2(C)C. The normalized spacial score (nSPS) is 34.0. The lowest BCUT2D eigenvalue weighted by Gasteiger charge is -2.48. The molecule has 1 aliphatic heterocycles. The van der Waals surface area contributed by atoms with Crippen LogP contribution in [0.4, 0.5) is 0 Å². The van der Waals surface area contributed by atoms with Crippen LogP contribution in [0.1, 0.15) is 63.5 Å². The van der Waals surface area contributed by atoms with Crippen molar-refractivity contribution in [2.45, 2.75) is 63.4 Å². The van der Waals surface area contributed by atoms with Crippen molar-refractivity contribution in [3.63, 3.8) is 0 Å². The molecule has 180 valence electrons. The smallest absolute Gasteiger partial charge is 0.308 e. The second-order valence-electron chi connectivity index (χ2n) is 11.3. The van der Waals surface area contributed by atoms with Crippen molar-refractivity contribution in [2.75, 3.05) is 26.0 Å². The minimum atomic E-state index is -3.62. The summed E-state index contributed by atoms with van der Waals surface area (Å²) in [5, 5.41) is 11.7.